The molecule has 2 heterocycles. The van der Waals surface area contributed by atoms with Gasteiger partial charge in [-0.3, -0.25) is 4.79 Å². The predicted octanol–water partition coefficient (Wildman–Crippen LogP) is 2.08. The van der Waals surface area contributed by atoms with Gasteiger partial charge in [-0.15, -0.1) is 0 Å². The third-order valence-corrected chi connectivity index (χ3v) is 3.41. The Morgan fingerprint density at radius 2 is 1.95 bits per heavy atom. The van der Waals surface area contributed by atoms with Crippen LogP contribution in [0.1, 0.15) is 55.6 Å². The molecule has 1 atom stereocenters. The van der Waals surface area contributed by atoms with E-state index in [1.807, 2.05) is 13.8 Å². The first kappa shape index (κ1) is 13.9. The van der Waals surface area contributed by atoms with Gasteiger partial charge in [0.05, 0.1) is 6.42 Å². The van der Waals surface area contributed by atoms with Crippen LogP contribution in [0.15, 0.2) is 0 Å². The lowest BCUT2D eigenvalue weighted by molar-refractivity contribution is -0.136. The zero-order valence-corrected chi connectivity index (χ0v) is 11.5. The average molecular weight is 264 g/mol. The number of nitrogens with zero attached hydrogens (tertiary/aromatic N) is 2. The quantitative estimate of drug-likeness (QED) is 0.881. The maximum absolute atomic E-state index is 11.0. The first-order valence-electron chi connectivity index (χ1n) is 6.87. The summed E-state index contributed by atoms with van der Waals surface area (Å²) in [7, 11) is 0. The highest BCUT2D eigenvalue weighted by atomic mass is 16.5. The van der Waals surface area contributed by atoms with Crippen molar-refractivity contribution in [3.05, 3.63) is 22.8 Å². The van der Waals surface area contributed by atoms with E-state index in [0.29, 0.717) is 0 Å². The Kier molecular flexibility index (Phi) is 4.47. The summed E-state index contributed by atoms with van der Waals surface area (Å²) < 4.78 is 5.62. The lowest BCUT2D eigenvalue weighted by Crippen LogP contribution is -2.15. The van der Waals surface area contributed by atoms with Crippen molar-refractivity contribution in [2.24, 2.45) is 0 Å². The van der Waals surface area contributed by atoms with Crippen molar-refractivity contribution in [1.29, 1.82) is 0 Å². The minimum Gasteiger partial charge on any atom is -0.481 e. The Morgan fingerprint density at radius 1 is 1.32 bits per heavy atom. The molecule has 0 aromatic carbocycles. The van der Waals surface area contributed by atoms with Gasteiger partial charge in [-0.25, -0.2) is 9.97 Å². The molecule has 1 fully saturated rings. The summed E-state index contributed by atoms with van der Waals surface area (Å²) in [6.07, 6.45) is 3.40. The van der Waals surface area contributed by atoms with Crippen molar-refractivity contribution in [3.63, 3.8) is 0 Å². The second kappa shape index (κ2) is 6.10. The second-order valence-corrected chi connectivity index (χ2v) is 4.73. The highest BCUT2D eigenvalue weighted by Gasteiger charge is 2.23. The SMILES string of the molecule is CCc1nc(C2CCCO2)nc(CC)c1CC(=O)O. The van der Waals surface area contributed by atoms with Crippen molar-refractivity contribution in [1.82, 2.24) is 9.97 Å². The number of hydrogen-bond donors (Lipinski definition) is 1. The van der Waals surface area contributed by atoms with Crippen LogP contribution in [-0.4, -0.2) is 27.7 Å². The number of rotatable bonds is 5. The molecule has 0 spiro atoms. The molecular weight excluding hydrogens is 244 g/mol. The largest absolute Gasteiger partial charge is 0.481 e. The van der Waals surface area contributed by atoms with Crippen molar-refractivity contribution >= 4 is 5.97 Å². The molecular formula is C14H20N2O3. The smallest absolute Gasteiger partial charge is 0.307 e. The maximum atomic E-state index is 11.0. The minimum atomic E-state index is -0.835. The van der Waals surface area contributed by atoms with Crippen LogP contribution >= 0.6 is 0 Å². The van der Waals surface area contributed by atoms with Crippen molar-refractivity contribution < 1.29 is 14.6 Å². The molecule has 1 aromatic rings. The molecule has 5 nitrogen and oxygen atoms in total. The van der Waals surface area contributed by atoms with Crippen LogP contribution < -0.4 is 0 Å². The average Bonchev–Trinajstić information content (AvgIpc) is 2.92. The van der Waals surface area contributed by atoms with Crippen molar-refractivity contribution in [3.8, 4) is 0 Å². The molecule has 1 N–H and O–H groups in total. The van der Waals surface area contributed by atoms with E-state index in [1.165, 1.54) is 0 Å². The molecule has 1 aromatic heterocycles. The van der Waals surface area contributed by atoms with Gasteiger partial charge in [-0.1, -0.05) is 13.8 Å². The molecule has 0 amide bonds. The Balaban J connectivity index is 2.40. The highest BCUT2D eigenvalue weighted by Crippen LogP contribution is 2.27. The molecule has 0 aliphatic carbocycles. The van der Waals surface area contributed by atoms with Gasteiger partial charge in [0.2, 0.25) is 0 Å². The summed E-state index contributed by atoms with van der Waals surface area (Å²) in [4.78, 5) is 20.0. The van der Waals surface area contributed by atoms with E-state index in [1.54, 1.807) is 0 Å². The standard InChI is InChI=1S/C14H20N2O3/c1-3-10-9(8-13(17)18)11(4-2)16-14(15-10)12-6-5-7-19-12/h12H,3-8H2,1-2H3,(H,17,18). The normalized spacial score (nSPS) is 18.7. The summed E-state index contributed by atoms with van der Waals surface area (Å²) in [6.45, 7) is 4.74. The Bertz CT molecular complexity index is 443. The van der Waals surface area contributed by atoms with E-state index in [-0.39, 0.29) is 12.5 Å². The van der Waals surface area contributed by atoms with Gasteiger partial charge in [-0.05, 0) is 25.7 Å². The van der Waals surface area contributed by atoms with E-state index < -0.39 is 5.97 Å². The van der Waals surface area contributed by atoms with E-state index >= 15 is 0 Å². The van der Waals surface area contributed by atoms with Gasteiger partial charge in [0.15, 0.2) is 5.82 Å². The van der Waals surface area contributed by atoms with Gasteiger partial charge in [-0.2, -0.15) is 0 Å². The number of aliphatic carboxylic acids is 1. The van der Waals surface area contributed by atoms with Crippen LogP contribution in [0, 0.1) is 0 Å². The number of ether oxygens (including phenoxy) is 1. The molecule has 104 valence electrons. The number of carboxylic acids is 1. The van der Waals surface area contributed by atoms with Crippen molar-refractivity contribution in [2.75, 3.05) is 6.61 Å². The number of hydrogen-bond acceptors (Lipinski definition) is 4. The van der Waals surface area contributed by atoms with Crippen LogP contribution in [-0.2, 0) is 28.8 Å². The highest BCUT2D eigenvalue weighted by molar-refractivity contribution is 5.71. The lowest BCUT2D eigenvalue weighted by atomic mass is 10.0. The molecule has 0 saturated carbocycles. The maximum Gasteiger partial charge on any atom is 0.307 e. The zero-order chi connectivity index (χ0) is 13.8. The fourth-order valence-electron chi connectivity index (χ4n) is 2.47. The van der Waals surface area contributed by atoms with Crippen molar-refractivity contribution in [2.45, 2.75) is 52.1 Å². The first-order chi connectivity index (χ1) is 9.15. The summed E-state index contributed by atoms with van der Waals surface area (Å²) in [5, 5.41) is 9.01. The molecule has 1 aliphatic heterocycles. The molecule has 1 saturated heterocycles. The van der Waals surface area contributed by atoms with E-state index in [9.17, 15) is 4.79 Å². The number of aromatic nitrogens is 2. The molecule has 1 aliphatic rings. The third kappa shape index (κ3) is 3.10. The van der Waals surface area contributed by atoms with E-state index in [0.717, 1.165) is 55.1 Å². The predicted molar refractivity (Wildman–Crippen MR) is 70.1 cm³/mol. The van der Waals surface area contributed by atoms with Gasteiger partial charge < -0.3 is 9.84 Å². The summed E-state index contributed by atoms with van der Waals surface area (Å²) in [5.41, 5.74) is 2.47. The van der Waals surface area contributed by atoms with Gasteiger partial charge in [0.1, 0.15) is 6.10 Å². The van der Waals surface area contributed by atoms with Crippen LogP contribution in [0.5, 0.6) is 0 Å². The fourth-order valence-corrected chi connectivity index (χ4v) is 2.47. The fraction of sp³-hybridized carbons (Fsp3) is 0.643. The van der Waals surface area contributed by atoms with Crippen LogP contribution in [0.25, 0.3) is 0 Å². The van der Waals surface area contributed by atoms with Crippen LogP contribution in [0.4, 0.5) is 0 Å². The van der Waals surface area contributed by atoms with Gasteiger partial charge in [0, 0.05) is 23.6 Å². The number of aryl methyl sites for hydroxylation is 2. The second-order valence-electron chi connectivity index (χ2n) is 4.73. The molecule has 2 rings (SSSR count). The molecule has 1 unspecified atom stereocenters. The Morgan fingerprint density at radius 3 is 2.37 bits per heavy atom. The molecule has 19 heavy (non-hydrogen) atoms. The number of carbonyl (C=O) groups is 1. The topological polar surface area (TPSA) is 72.3 Å². The molecule has 0 radical (unpaired) electrons. The monoisotopic (exact) mass is 264 g/mol. The summed E-state index contributed by atoms with van der Waals surface area (Å²) >= 11 is 0. The lowest BCUT2D eigenvalue weighted by Gasteiger charge is -2.15. The minimum absolute atomic E-state index is 0.00183. The van der Waals surface area contributed by atoms with E-state index in [4.69, 9.17) is 9.84 Å². The Labute approximate surface area is 113 Å². The number of carboxylic acid groups (broad SMARTS) is 1. The first-order valence-corrected chi connectivity index (χ1v) is 6.87. The van der Waals surface area contributed by atoms with Crippen LogP contribution in [0.2, 0.25) is 0 Å². The van der Waals surface area contributed by atoms with Gasteiger partial charge >= 0.3 is 5.97 Å². The summed E-state index contributed by atoms with van der Waals surface area (Å²) in [5.74, 6) is -0.113. The van der Waals surface area contributed by atoms with Crippen LogP contribution in [0.3, 0.4) is 0 Å². The molecule has 0 bridgehead atoms. The van der Waals surface area contributed by atoms with E-state index in [2.05, 4.69) is 9.97 Å². The summed E-state index contributed by atoms with van der Waals surface area (Å²) in [6, 6.07) is 0. The Hall–Kier alpha value is -1.49. The molecule has 5 heteroatoms. The zero-order valence-electron chi connectivity index (χ0n) is 11.5. The third-order valence-electron chi connectivity index (χ3n) is 3.41. The van der Waals surface area contributed by atoms with Gasteiger partial charge in [0.25, 0.3) is 0 Å².